The van der Waals surface area contributed by atoms with Crippen LogP contribution in [0.4, 0.5) is 4.39 Å². The number of nitrogens with two attached hydrogens (primary N) is 1. The fourth-order valence-electron chi connectivity index (χ4n) is 2.50. The van der Waals surface area contributed by atoms with E-state index in [-0.39, 0.29) is 22.4 Å². The Hall–Kier alpha value is -0.980. The highest BCUT2D eigenvalue weighted by Crippen LogP contribution is 2.34. The van der Waals surface area contributed by atoms with Crippen molar-refractivity contribution in [3.63, 3.8) is 0 Å². The first-order valence-electron chi connectivity index (χ1n) is 6.67. The minimum absolute atomic E-state index is 0.0367. The molecule has 1 aromatic carbocycles. The first-order chi connectivity index (χ1) is 9.17. The van der Waals surface area contributed by atoms with Gasteiger partial charge in [-0.1, -0.05) is 13.8 Å². The molecule has 2 N–H and O–H groups in total. The molecule has 6 heteroatoms. The average molecular weight is 300 g/mol. The topological polar surface area (TPSA) is 63.4 Å². The predicted octanol–water partition coefficient (Wildman–Crippen LogP) is 2.01. The van der Waals surface area contributed by atoms with Crippen LogP contribution in [0.1, 0.15) is 31.4 Å². The highest BCUT2D eigenvalue weighted by Gasteiger charge is 2.37. The van der Waals surface area contributed by atoms with Crippen LogP contribution in [0, 0.1) is 18.2 Å². The Morgan fingerprint density at radius 1 is 1.40 bits per heavy atom. The van der Waals surface area contributed by atoms with E-state index >= 15 is 0 Å². The van der Waals surface area contributed by atoms with Gasteiger partial charge in [0, 0.05) is 25.2 Å². The fourth-order valence-corrected chi connectivity index (χ4v) is 4.41. The van der Waals surface area contributed by atoms with Crippen LogP contribution in [0.5, 0.6) is 0 Å². The molecule has 112 valence electrons. The molecule has 1 aliphatic rings. The Morgan fingerprint density at radius 2 is 2.05 bits per heavy atom. The summed E-state index contributed by atoms with van der Waals surface area (Å²) in [6, 6.07) is 2.78. The van der Waals surface area contributed by atoms with E-state index in [4.69, 9.17) is 5.73 Å². The van der Waals surface area contributed by atoms with Crippen molar-refractivity contribution in [2.45, 2.75) is 38.6 Å². The van der Waals surface area contributed by atoms with Gasteiger partial charge in [0.15, 0.2) is 0 Å². The first-order valence-corrected chi connectivity index (χ1v) is 8.11. The third-order valence-electron chi connectivity index (χ3n) is 3.85. The van der Waals surface area contributed by atoms with Gasteiger partial charge in [-0.25, -0.2) is 12.8 Å². The Balaban J connectivity index is 2.47. The van der Waals surface area contributed by atoms with Crippen LogP contribution in [0.2, 0.25) is 0 Å². The van der Waals surface area contributed by atoms with E-state index in [1.54, 1.807) is 0 Å². The second-order valence-corrected chi connectivity index (χ2v) is 8.06. The van der Waals surface area contributed by atoms with E-state index in [1.165, 1.54) is 23.4 Å². The zero-order chi connectivity index (χ0) is 15.1. The van der Waals surface area contributed by atoms with E-state index < -0.39 is 15.8 Å². The van der Waals surface area contributed by atoms with E-state index in [0.717, 1.165) is 6.42 Å². The number of sulfonamides is 1. The molecule has 1 heterocycles. The van der Waals surface area contributed by atoms with Crippen LogP contribution < -0.4 is 5.73 Å². The maximum absolute atomic E-state index is 13.9. The summed E-state index contributed by atoms with van der Waals surface area (Å²) in [7, 11) is -3.66. The molecule has 1 saturated heterocycles. The molecule has 0 saturated carbocycles. The molecule has 0 amide bonds. The lowest BCUT2D eigenvalue weighted by Crippen LogP contribution is -2.31. The lowest BCUT2D eigenvalue weighted by Gasteiger charge is -2.21. The number of nitrogens with zero attached hydrogens (tertiary/aromatic N) is 1. The van der Waals surface area contributed by atoms with E-state index in [0.29, 0.717) is 18.7 Å². The van der Waals surface area contributed by atoms with Gasteiger partial charge >= 0.3 is 0 Å². The third kappa shape index (κ3) is 2.73. The van der Waals surface area contributed by atoms with Gasteiger partial charge in [0.1, 0.15) is 5.82 Å². The smallest absolute Gasteiger partial charge is 0.243 e. The normalized spacial score (nSPS) is 19.4. The Bertz CT molecular complexity index is 626. The second kappa shape index (κ2) is 5.09. The number of rotatable bonds is 3. The minimum atomic E-state index is -3.66. The Morgan fingerprint density at radius 3 is 2.55 bits per heavy atom. The van der Waals surface area contributed by atoms with Crippen LogP contribution in [0.25, 0.3) is 0 Å². The van der Waals surface area contributed by atoms with Crippen molar-refractivity contribution >= 4 is 10.0 Å². The lowest BCUT2D eigenvalue weighted by molar-refractivity contribution is 0.375. The molecule has 0 aromatic heterocycles. The third-order valence-corrected chi connectivity index (χ3v) is 5.82. The molecule has 1 fully saturated rings. The van der Waals surface area contributed by atoms with Gasteiger partial charge < -0.3 is 5.73 Å². The highest BCUT2D eigenvalue weighted by atomic mass is 32.2. The van der Waals surface area contributed by atoms with Crippen LogP contribution in [0.3, 0.4) is 0 Å². The summed E-state index contributed by atoms with van der Waals surface area (Å²) in [5.74, 6) is -0.523. The molecule has 0 bridgehead atoms. The number of hydrogen-bond acceptors (Lipinski definition) is 3. The molecular weight excluding hydrogens is 279 g/mol. The van der Waals surface area contributed by atoms with E-state index in [2.05, 4.69) is 0 Å². The van der Waals surface area contributed by atoms with Crippen molar-refractivity contribution in [2.24, 2.45) is 11.1 Å². The standard InChI is InChI=1S/C14H21FN2O2S/c1-10-12(15)6-11(8-16)7-13(10)20(18,19)17-5-4-14(2,3)9-17/h6-7H,4-5,8-9,16H2,1-3H3. The molecular formula is C14H21FN2O2S. The monoisotopic (exact) mass is 300 g/mol. The zero-order valence-corrected chi connectivity index (χ0v) is 12.9. The molecule has 0 spiro atoms. The molecule has 2 rings (SSSR count). The molecule has 1 aromatic rings. The molecule has 0 radical (unpaired) electrons. The van der Waals surface area contributed by atoms with Crippen LogP contribution in [0.15, 0.2) is 17.0 Å². The zero-order valence-electron chi connectivity index (χ0n) is 12.1. The summed E-state index contributed by atoms with van der Waals surface area (Å²) in [5, 5.41) is 0. The SMILES string of the molecule is Cc1c(F)cc(CN)cc1S(=O)(=O)N1CCC(C)(C)C1. The summed E-state index contributed by atoms with van der Waals surface area (Å²) < 4.78 is 40.7. The van der Waals surface area contributed by atoms with Crippen molar-refractivity contribution in [3.8, 4) is 0 Å². The molecule has 4 nitrogen and oxygen atoms in total. The summed E-state index contributed by atoms with van der Waals surface area (Å²) in [5.41, 5.74) is 6.12. The largest absolute Gasteiger partial charge is 0.326 e. The second-order valence-electron chi connectivity index (χ2n) is 6.16. The predicted molar refractivity (Wildman–Crippen MR) is 76.2 cm³/mol. The van der Waals surface area contributed by atoms with Gasteiger partial charge in [0.05, 0.1) is 4.90 Å². The Kier molecular flexibility index (Phi) is 3.92. The lowest BCUT2D eigenvalue weighted by atomic mass is 9.93. The quantitative estimate of drug-likeness (QED) is 0.929. The van der Waals surface area contributed by atoms with Crippen LogP contribution >= 0.6 is 0 Å². The van der Waals surface area contributed by atoms with Gasteiger partial charge in [-0.05, 0) is 36.5 Å². The Labute approximate surface area is 119 Å². The summed E-state index contributed by atoms with van der Waals surface area (Å²) in [6.07, 6.45) is 0.810. The summed E-state index contributed by atoms with van der Waals surface area (Å²) in [6.45, 7) is 6.61. The summed E-state index contributed by atoms with van der Waals surface area (Å²) in [4.78, 5) is 0.0376. The molecule has 0 unspecified atom stereocenters. The highest BCUT2D eigenvalue weighted by molar-refractivity contribution is 7.89. The number of hydrogen-bond donors (Lipinski definition) is 1. The summed E-state index contributed by atoms with van der Waals surface area (Å²) >= 11 is 0. The van der Waals surface area contributed by atoms with Gasteiger partial charge in [0.2, 0.25) is 10.0 Å². The van der Waals surface area contributed by atoms with Crippen molar-refractivity contribution in [1.82, 2.24) is 4.31 Å². The van der Waals surface area contributed by atoms with E-state index in [1.807, 2.05) is 13.8 Å². The van der Waals surface area contributed by atoms with E-state index in [9.17, 15) is 12.8 Å². The molecule has 1 aliphatic heterocycles. The van der Waals surface area contributed by atoms with Crippen LogP contribution in [-0.4, -0.2) is 25.8 Å². The minimum Gasteiger partial charge on any atom is -0.326 e. The maximum Gasteiger partial charge on any atom is 0.243 e. The number of halogens is 1. The van der Waals surface area contributed by atoms with Gasteiger partial charge in [-0.2, -0.15) is 4.31 Å². The van der Waals surface area contributed by atoms with Crippen molar-refractivity contribution in [1.29, 1.82) is 0 Å². The fraction of sp³-hybridized carbons (Fsp3) is 0.571. The molecule has 20 heavy (non-hydrogen) atoms. The van der Waals surface area contributed by atoms with Crippen molar-refractivity contribution in [2.75, 3.05) is 13.1 Å². The van der Waals surface area contributed by atoms with Gasteiger partial charge in [-0.15, -0.1) is 0 Å². The maximum atomic E-state index is 13.9. The first kappa shape index (κ1) is 15.4. The van der Waals surface area contributed by atoms with Crippen molar-refractivity contribution < 1.29 is 12.8 Å². The van der Waals surface area contributed by atoms with Crippen molar-refractivity contribution in [3.05, 3.63) is 29.1 Å². The average Bonchev–Trinajstić information content (AvgIpc) is 2.73. The number of benzene rings is 1. The van der Waals surface area contributed by atoms with Gasteiger partial charge in [-0.3, -0.25) is 0 Å². The van der Waals surface area contributed by atoms with Gasteiger partial charge in [0.25, 0.3) is 0 Å². The molecule has 0 aliphatic carbocycles. The van der Waals surface area contributed by atoms with Crippen LogP contribution in [-0.2, 0) is 16.6 Å². The molecule has 0 atom stereocenters.